The second-order valence-corrected chi connectivity index (χ2v) is 8.85. The predicted molar refractivity (Wildman–Crippen MR) is 113 cm³/mol. The summed E-state index contributed by atoms with van der Waals surface area (Å²) in [5, 5.41) is 13.9. The molecule has 0 spiro atoms. The molecule has 0 radical (unpaired) electrons. The molecular weight excluding hydrogens is 443 g/mol. The number of halogens is 2. The monoisotopic (exact) mass is 464 g/mol. The third-order valence-electron chi connectivity index (χ3n) is 6.32. The Morgan fingerprint density at radius 3 is 3.03 bits per heavy atom. The van der Waals surface area contributed by atoms with Crippen LogP contribution in [0.5, 0.6) is 11.5 Å². The van der Waals surface area contributed by atoms with Gasteiger partial charge in [-0.15, -0.1) is 0 Å². The third-order valence-corrected chi connectivity index (χ3v) is 6.60. The Bertz CT molecular complexity index is 1070. The van der Waals surface area contributed by atoms with Gasteiger partial charge >= 0.3 is 0 Å². The van der Waals surface area contributed by atoms with Crippen LogP contribution in [0.3, 0.4) is 0 Å². The zero-order valence-electron chi connectivity index (χ0n) is 17.3. The number of aromatic nitrogens is 2. The maximum absolute atomic E-state index is 15.0. The third kappa shape index (κ3) is 3.16. The molecule has 0 aliphatic carbocycles. The van der Waals surface area contributed by atoms with Gasteiger partial charge in [0, 0.05) is 5.56 Å². The van der Waals surface area contributed by atoms with E-state index in [4.69, 9.17) is 30.5 Å². The van der Waals surface area contributed by atoms with Gasteiger partial charge < -0.3 is 34.3 Å². The van der Waals surface area contributed by atoms with E-state index >= 15 is 4.39 Å². The molecule has 4 aliphatic heterocycles. The molecule has 0 saturated carbocycles. The standard InChI is InChI=1S/C21H22ClFN4O5/c1-9-7-30-18-11(5-13(23)19-16(18)27(9)2-3-29-19)15-12(22)6-24-21(26-15)25-14-4-10-8-31-20(32-10)17(14)28/h5-6,9-10,14,17,20,28H,2-4,7-8H2,1H3,(H,24,25,26)/t9?,10-,14+,17-,20+/m0/s1. The van der Waals surface area contributed by atoms with E-state index in [9.17, 15) is 5.11 Å². The summed E-state index contributed by atoms with van der Waals surface area (Å²) in [7, 11) is 0. The van der Waals surface area contributed by atoms with Crippen LogP contribution >= 0.6 is 11.6 Å². The predicted octanol–water partition coefficient (Wildman–Crippen LogP) is 2.20. The number of nitrogens with zero attached hydrogens (tertiary/aromatic N) is 3. The second kappa shape index (κ2) is 7.58. The number of ether oxygens (including phenoxy) is 4. The summed E-state index contributed by atoms with van der Waals surface area (Å²) in [6.45, 7) is 3.98. The highest BCUT2D eigenvalue weighted by atomic mass is 35.5. The number of aliphatic hydroxyl groups is 1. The van der Waals surface area contributed by atoms with Gasteiger partial charge in [-0.2, -0.15) is 0 Å². The van der Waals surface area contributed by atoms with Crippen LogP contribution in [0.25, 0.3) is 11.3 Å². The lowest BCUT2D eigenvalue weighted by atomic mass is 10.0. The molecule has 2 aromatic rings. The van der Waals surface area contributed by atoms with Crippen LogP contribution in [0.2, 0.25) is 5.02 Å². The Labute approximate surface area is 188 Å². The van der Waals surface area contributed by atoms with E-state index in [1.807, 2.05) is 6.92 Å². The molecule has 2 bridgehead atoms. The van der Waals surface area contributed by atoms with Gasteiger partial charge in [0.2, 0.25) is 5.95 Å². The minimum absolute atomic E-state index is 0.0884. The van der Waals surface area contributed by atoms with Gasteiger partial charge in [-0.1, -0.05) is 11.6 Å². The molecule has 2 N–H and O–H groups in total. The fourth-order valence-electron chi connectivity index (χ4n) is 4.74. The topological polar surface area (TPSA) is 98.2 Å². The maximum atomic E-state index is 15.0. The maximum Gasteiger partial charge on any atom is 0.223 e. The smallest absolute Gasteiger partial charge is 0.223 e. The summed E-state index contributed by atoms with van der Waals surface area (Å²) >= 11 is 6.44. The fraction of sp³-hybridized carbons (Fsp3) is 0.524. The lowest BCUT2D eigenvalue weighted by Crippen LogP contribution is -2.48. The number of anilines is 2. The van der Waals surface area contributed by atoms with Crippen LogP contribution in [0, 0.1) is 5.82 Å². The zero-order valence-corrected chi connectivity index (χ0v) is 18.0. The van der Waals surface area contributed by atoms with Crippen LogP contribution in [0.1, 0.15) is 13.3 Å². The first-order valence-electron chi connectivity index (χ1n) is 10.6. The van der Waals surface area contributed by atoms with Gasteiger partial charge in [0.05, 0.1) is 48.3 Å². The van der Waals surface area contributed by atoms with E-state index < -0.39 is 18.2 Å². The number of fused-ring (bicyclic) bond motifs is 2. The highest BCUT2D eigenvalue weighted by molar-refractivity contribution is 6.33. The fourth-order valence-corrected chi connectivity index (χ4v) is 4.93. The lowest BCUT2D eigenvalue weighted by Gasteiger charge is -2.41. The minimum Gasteiger partial charge on any atom is -0.488 e. The molecule has 2 fully saturated rings. The Hall–Kier alpha value is -2.40. The zero-order chi connectivity index (χ0) is 22.0. The first-order chi connectivity index (χ1) is 15.5. The number of nitrogens with one attached hydrogen (secondary N) is 1. The molecule has 1 unspecified atom stereocenters. The molecule has 0 amide bonds. The Morgan fingerprint density at radius 1 is 1.28 bits per heavy atom. The largest absolute Gasteiger partial charge is 0.488 e. The van der Waals surface area contributed by atoms with Crippen molar-refractivity contribution in [3.8, 4) is 22.8 Å². The molecule has 5 atom stereocenters. The summed E-state index contributed by atoms with van der Waals surface area (Å²) in [4.78, 5) is 10.9. The number of rotatable bonds is 3. The molecule has 1 aromatic heterocycles. The van der Waals surface area contributed by atoms with Gasteiger partial charge in [-0.3, -0.25) is 0 Å². The SMILES string of the molecule is CC1COc2c(-c3nc(N[C@@H]4C[C@H]5CO[C@H](O5)[C@H]4O)ncc3Cl)cc(F)c3c2N1CCO3. The minimum atomic E-state index is -0.866. The summed E-state index contributed by atoms with van der Waals surface area (Å²) in [6.07, 6.45) is 0.374. The van der Waals surface area contributed by atoms with Crippen LogP contribution in [0.4, 0.5) is 16.0 Å². The molecule has 6 rings (SSSR count). The van der Waals surface area contributed by atoms with Crippen LogP contribution in [0.15, 0.2) is 12.3 Å². The molecule has 32 heavy (non-hydrogen) atoms. The average Bonchev–Trinajstić information content (AvgIpc) is 3.21. The quantitative estimate of drug-likeness (QED) is 0.708. The Kier molecular flexibility index (Phi) is 4.79. The van der Waals surface area contributed by atoms with Gasteiger partial charge in [0.1, 0.15) is 25.0 Å². The normalized spacial score (nSPS) is 30.4. The molecule has 170 valence electrons. The van der Waals surface area contributed by atoms with Crippen molar-refractivity contribution in [3.63, 3.8) is 0 Å². The summed E-state index contributed by atoms with van der Waals surface area (Å²) in [6, 6.07) is 1.07. The van der Waals surface area contributed by atoms with Crippen molar-refractivity contribution in [1.82, 2.24) is 9.97 Å². The van der Waals surface area contributed by atoms with Crippen LogP contribution in [-0.2, 0) is 9.47 Å². The molecule has 11 heteroatoms. The van der Waals surface area contributed by atoms with E-state index in [1.165, 1.54) is 12.3 Å². The molecule has 1 aromatic carbocycles. The summed E-state index contributed by atoms with van der Waals surface area (Å²) < 4.78 is 37.7. The second-order valence-electron chi connectivity index (χ2n) is 8.44. The Morgan fingerprint density at radius 2 is 2.16 bits per heavy atom. The highest BCUT2D eigenvalue weighted by Gasteiger charge is 2.43. The van der Waals surface area contributed by atoms with Gasteiger partial charge in [-0.05, 0) is 19.4 Å². The number of benzene rings is 1. The molecule has 2 saturated heterocycles. The summed E-state index contributed by atoms with van der Waals surface area (Å²) in [5.74, 6) is 0.436. The van der Waals surface area contributed by atoms with Crippen LogP contribution < -0.4 is 19.7 Å². The van der Waals surface area contributed by atoms with Crippen LogP contribution in [-0.4, -0.2) is 72.0 Å². The van der Waals surface area contributed by atoms with Crippen molar-refractivity contribution in [2.75, 3.05) is 36.6 Å². The Balaban J connectivity index is 1.39. The van der Waals surface area contributed by atoms with E-state index in [0.29, 0.717) is 55.5 Å². The molecule has 4 aliphatic rings. The van der Waals surface area contributed by atoms with Crippen molar-refractivity contribution < 1.29 is 28.4 Å². The van der Waals surface area contributed by atoms with E-state index in [1.54, 1.807) is 0 Å². The number of hydrogen-bond donors (Lipinski definition) is 2. The van der Waals surface area contributed by atoms with Gasteiger partial charge in [-0.25, -0.2) is 14.4 Å². The van der Waals surface area contributed by atoms with E-state index in [-0.39, 0.29) is 34.9 Å². The van der Waals surface area contributed by atoms with Crippen molar-refractivity contribution >= 4 is 23.2 Å². The molecule has 5 heterocycles. The van der Waals surface area contributed by atoms with E-state index in [2.05, 4.69) is 20.2 Å². The molecular formula is C21H22ClFN4O5. The van der Waals surface area contributed by atoms with Gasteiger partial charge in [0.25, 0.3) is 0 Å². The first-order valence-corrected chi connectivity index (χ1v) is 11.0. The lowest BCUT2D eigenvalue weighted by molar-refractivity contribution is -0.156. The van der Waals surface area contributed by atoms with E-state index in [0.717, 1.165) is 0 Å². The first kappa shape index (κ1) is 20.2. The number of hydrogen-bond acceptors (Lipinski definition) is 9. The van der Waals surface area contributed by atoms with Crippen molar-refractivity contribution in [1.29, 1.82) is 0 Å². The van der Waals surface area contributed by atoms with Crippen molar-refractivity contribution in [2.24, 2.45) is 0 Å². The van der Waals surface area contributed by atoms with Crippen molar-refractivity contribution in [2.45, 2.75) is 43.9 Å². The highest BCUT2D eigenvalue weighted by Crippen LogP contribution is 2.51. The summed E-state index contributed by atoms with van der Waals surface area (Å²) in [5.41, 5.74) is 1.35. The van der Waals surface area contributed by atoms with Gasteiger partial charge in [0.15, 0.2) is 23.6 Å². The average molecular weight is 465 g/mol. The molecule has 9 nitrogen and oxygen atoms in total. The van der Waals surface area contributed by atoms with Crippen molar-refractivity contribution in [3.05, 3.63) is 23.1 Å². The number of aliphatic hydroxyl groups excluding tert-OH is 1.